The Balaban J connectivity index is 1.72. The number of ether oxygens (including phenoxy) is 2. The van der Waals surface area contributed by atoms with Crippen LogP contribution in [-0.2, 0) is 27.5 Å². The lowest BCUT2D eigenvalue weighted by Gasteiger charge is -2.16. The van der Waals surface area contributed by atoms with Gasteiger partial charge in [-0.2, -0.15) is 0 Å². The van der Waals surface area contributed by atoms with Crippen LogP contribution >= 0.6 is 22.9 Å². The third-order valence-corrected chi connectivity index (χ3v) is 6.76. The number of hydrogen-bond acceptors (Lipinski definition) is 7. The summed E-state index contributed by atoms with van der Waals surface area (Å²) in [5.74, 6) is -0.706. The molecule has 36 heavy (non-hydrogen) atoms. The highest BCUT2D eigenvalue weighted by molar-refractivity contribution is 7.09. The van der Waals surface area contributed by atoms with Gasteiger partial charge in [0.2, 0.25) is 5.91 Å². The predicted molar refractivity (Wildman–Crippen MR) is 138 cm³/mol. The lowest BCUT2D eigenvalue weighted by molar-refractivity contribution is -0.145. The molecule has 0 saturated heterocycles. The molecule has 11 heteroatoms. The van der Waals surface area contributed by atoms with Gasteiger partial charge in [-0.25, -0.2) is 9.78 Å². The van der Waals surface area contributed by atoms with Gasteiger partial charge in [0.25, 0.3) is 5.91 Å². The lowest BCUT2D eigenvalue weighted by atomic mass is 10.1. The van der Waals surface area contributed by atoms with Gasteiger partial charge < -0.3 is 25.1 Å². The smallest absolute Gasteiger partial charge is 0.328 e. The average Bonchev–Trinajstić information content (AvgIpc) is 3.44. The van der Waals surface area contributed by atoms with Crippen LogP contribution in [0.15, 0.2) is 35.7 Å². The van der Waals surface area contributed by atoms with Crippen molar-refractivity contribution in [1.82, 2.24) is 14.9 Å². The number of nitrogens with one attached hydrogen (secondary N) is 1. The van der Waals surface area contributed by atoms with Gasteiger partial charge in [-0.05, 0) is 44.4 Å². The minimum atomic E-state index is -0.696. The first-order valence-corrected chi connectivity index (χ1v) is 12.6. The number of carbonyl (C=O) groups excluding carboxylic acids is 3. The van der Waals surface area contributed by atoms with E-state index in [1.165, 1.54) is 25.4 Å². The van der Waals surface area contributed by atoms with Gasteiger partial charge in [-0.1, -0.05) is 23.7 Å². The van der Waals surface area contributed by atoms with Crippen molar-refractivity contribution in [1.29, 1.82) is 0 Å². The first kappa shape index (κ1) is 27.2. The number of para-hydroxylation sites is 1. The molecule has 2 aromatic heterocycles. The fourth-order valence-corrected chi connectivity index (χ4v) is 4.74. The van der Waals surface area contributed by atoms with E-state index >= 15 is 0 Å². The molecule has 192 valence electrons. The van der Waals surface area contributed by atoms with Crippen molar-refractivity contribution in [2.45, 2.75) is 52.3 Å². The van der Waals surface area contributed by atoms with E-state index in [9.17, 15) is 14.4 Å². The lowest BCUT2D eigenvalue weighted by Crippen LogP contribution is -2.40. The maximum atomic E-state index is 12.0. The first-order chi connectivity index (χ1) is 17.2. The van der Waals surface area contributed by atoms with Crippen LogP contribution in [-0.4, -0.2) is 40.5 Å². The van der Waals surface area contributed by atoms with Crippen molar-refractivity contribution in [3.05, 3.63) is 57.0 Å². The largest absolute Gasteiger partial charge is 0.485 e. The van der Waals surface area contributed by atoms with Gasteiger partial charge in [0.1, 0.15) is 23.4 Å². The summed E-state index contributed by atoms with van der Waals surface area (Å²) >= 11 is 7.60. The molecular formula is C25H29ClN4O5S. The van der Waals surface area contributed by atoms with Crippen molar-refractivity contribution < 1.29 is 23.9 Å². The second-order valence-corrected chi connectivity index (χ2v) is 9.51. The summed E-state index contributed by atoms with van der Waals surface area (Å²) in [6.45, 7) is 4.03. The molecule has 2 amide bonds. The zero-order valence-electron chi connectivity index (χ0n) is 20.4. The minimum absolute atomic E-state index is 0.259. The van der Waals surface area contributed by atoms with Crippen molar-refractivity contribution in [2.24, 2.45) is 5.73 Å². The molecule has 3 rings (SSSR count). The predicted octanol–water partition coefficient (Wildman–Crippen LogP) is 4.10. The summed E-state index contributed by atoms with van der Waals surface area (Å²) in [5.41, 5.74) is 8.25. The van der Waals surface area contributed by atoms with E-state index in [0.29, 0.717) is 47.8 Å². The van der Waals surface area contributed by atoms with Crippen molar-refractivity contribution in [2.75, 3.05) is 7.11 Å². The molecule has 0 aliphatic carbocycles. The molecule has 1 aromatic carbocycles. The highest BCUT2D eigenvalue weighted by Crippen LogP contribution is 2.29. The Morgan fingerprint density at radius 3 is 2.67 bits per heavy atom. The summed E-state index contributed by atoms with van der Waals surface area (Å²) in [6, 6.07) is 8.28. The summed E-state index contributed by atoms with van der Waals surface area (Å²) in [6.07, 6.45) is 1.78. The fourth-order valence-electron chi connectivity index (χ4n) is 3.85. The van der Waals surface area contributed by atoms with Crippen LogP contribution < -0.4 is 15.8 Å². The van der Waals surface area contributed by atoms with Crippen LogP contribution in [0.5, 0.6) is 5.75 Å². The van der Waals surface area contributed by atoms with Crippen LogP contribution in [0.1, 0.15) is 47.2 Å². The maximum absolute atomic E-state index is 12.0. The zero-order chi connectivity index (χ0) is 26.2. The number of hydrogen-bond donors (Lipinski definition) is 2. The van der Waals surface area contributed by atoms with Crippen LogP contribution in [0.25, 0.3) is 11.4 Å². The number of aromatic nitrogens is 2. The number of esters is 1. The SMILES string of the molecule is COC(=O)C(CCCCn1c(-c2csc(COc3ccccc3Cl)n2)cc(C(N)=O)c1C)NC(C)=O. The molecule has 1 atom stereocenters. The standard InChI is InChI=1S/C25H29ClN4O5S/c1-15-17(24(27)32)12-21(30(15)11-7-6-9-19(25(33)34-3)28-16(2)31)20-14-36-23(29-20)13-35-22-10-5-4-8-18(22)26/h4-5,8,10,12,14,19H,6-7,9,11,13H2,1-3H3,(H2,27,32)(H,28,31). The van der Waals surface area contributed by atoms with Crippen LogP contribution in [0.2, 0.25) is 5.02 Å². The van der Waals surface area contributed by atoms with Crippen molar-refractivity contribution in [3.8, 4) is 17.1 Å². The van der Waals surface area contributed by atoms with E-state index in [0.717, 1.165) is 16.4 Å². The number of carbonyl (C=O) groups is 3. The van der Waals surface area contributed by atoms with Gasteiger partial charge in [0, 0.05) is 24.5 Å². The molecule has 0 bridgehead atoms. The second kappa shape index (κ2) is 12.5. The van der Waals surface area contributed by atoms with E-state index in [2.05, 4.69) is 5.32 Å². The van der Waals surface area contributed by atoms with E-state index in [1.54, 1.807) is 18.2 Å². The number of methoxy groups -OCH3 is 1. The normalized spacial score (nSPS) is 11.7. The average molecular weight is 533 g/mol. The van der Waals surface area contributed by atoms with Gasteiger partial charge >= 0.3 is 5.97 Å². The first-order valence-electron chi connectivity index (χ1n) is 11.4. The van der Waals surface area contributed by atoms with Gasteiger partial charge in [0.05, 0.1) is 29.1 Å². The monoisotopic (exact) mass is 532 g/mol. The Labute approximate surface area is 218 Å². The highest BCUT2D eigenvalue weighted by atomic mass is 35.5. The number of benzene rings is 1. The molecule has 0 radical (unpaired) electrons. The van der Waals surface area contributed by atoms with Crippen LogP contribution in [0.3, 0.4) is 0 Å². The molecule has 3 N–H and O–H groups in total. The number of amides is 2. The van der Waals surface area contributed by atoms with Gasteiger partial charge in [0.15, 0.2) is 0 Å². The highest BCUT2D eigenvalue weighted by Gasteiger charge is 2.21. The van der Waals surface area contributed by atoms with E-state index in [1.807, 2.05) is 29.0 Å². The Morgan fingerprint density at radius 1 is 1.25 bits per heavy atom. The van der Waals surface area contributed by atoms with Gasteiger partial charge in [-0.15, -0.1) is 11.3 Å². The topological polar surface area (TPSA) is 126 Å². The summed E-state index contributed by atoms with van der Waals surface area (Å²) in [5, 5.41) is 5.81. The van der Waals surface area contributed by atoms with Crippen molar-refractivity contribution in [3.63, 3.8) is 0 Å². The van der Waals surface area contributed by atoms with E-state index < -0.39 is 17.9 Å². The van der Waals surface area contributed by atoms with Crippen LogP contribution in [0.4, 0.5) is 0 Å². The van der Waals surface area contributed by atoms with Crippen LogP contribution in [0, 0.1) is 6.92 Å². The Hall–Kier alpha value is -3.37. The molecular weight excluding hydrogens is 504 g/mol. The Bertz CT molecular complexity index is 1240. The molecule has 9 nitrogen and oxygen atoms in total. The van der Waals surface area contributed by atoms with Gasteiger partial charge in [-0.3, -0.25) is 9.59 Å². The number of thiazole rings is 1. The molecule has 0 fully saturated rings. The second-order valence-electron chi connectivity index (χ2n) is 8.16. The van der Waals surface area contributed by atoms with E-state index in [4.69, 9.17) is 31.8 Å². The number of primary amides is 1. The number of nitrogens with zero attached hydrogens (tertiary/aromatic N) is 2. The third kappa shape index (κ3) is 6.86. The molecule has 0 aliphatic rings. The summed E-state index contributed by atoms with van der Waals surface area (Å²) in [7, 11) is 1.29. The number of halogens is 1. The number of rotatable bonds is 12. The molecule has 3 aromatic rings. The maximum Gasteiger partial charge on any atom is 0.328 e. The third-order valence-electron chi connectivity index (χ3n) is 5.62. The molecule has 2 heterocycles. The zero-order valence-corrected chi connectivity index (χ0v) is 21.9. The minimum Gasteiger partial charge on any atom is -0.485 e. The quantitative estimate of drug-likeness (QED) is 0.267. The molecule has 0 aliphatic heterocycles. The number of unbranched alkanes of at least 4 members (excludes halogenated alkanes) is 1. The molecule has 0 saturated carbocycles. The fraction of sp³-hybridized carbons (Fsp3) is 0.360. The number of nitrogens with two attached hydrogens (primary N) is 1. The molecule has 0 spiro atoms. The summed E-state index contributed by atoms with van der Waals surface area (Å²) < 4.78 is 12.6. The Kier molecular flexibility index (Phi) is 9.49. The van der Waals surface area contributed by atoms with Crippen molar-refractivity contribution >= 4 is 40.7 Å². The van der Waals surface area contributed by atoms with E-state index in [-0.39, 0.29) is 12.5 Å². The molecule has 1 unspecified atom stereocenters. The Morgan fingerprint density at radius 2 is 2.00 bits per heavy atom. The summed E-state index contributed by atoms with van der Waals surface area (Å²) in [4.78, 5) is 40.0.